The SMILES string of the molecule is CC(=O)NCc1ccc(S(=O)(=O)N2CCN[C@@H](C)C2)s1. The lowest BCUT2D eigenvalue weighted by Crippen LogP contribution is -2.51. The van der Waals surface area contributed by atoms with Gasteiger partial charge in [-0.05, 0) is 19.1 Å². The molecule has 6 nitrogen and oxygen atoms in total. The average molecular weight is 317 g/mol. The topological polar surface area (TPSA) is 78.5 Å². The normalized spacial score (nSPS) is 20.8. The molecule has 1 aliphatic rings. The lowest BCUT2D eigenvalue weighted by atomic mass is 10.3. The Balaban J connectivity index is 2.11. The maximum Gasteiger partial charge on any atom is 0.252 e. The number of carbonyl (C=O) groups is 1. The van der Waals surface area contributed by atoms with Crippen LogP contribution in [0.25, 0.3) is 0 Å². The van der Waals surface area contributed by atoms with E-state index in [0.717, 1.165) is 4.88 Å². The van der Waals surface area contributed by atoms with Crippen LogP contribution < -0.4 is 10.6 Å². The Kier molecular flexibility index (Phi) is 4.79. The highest BCUT2D eigenvalue weighted by Gasteiger charge is 2.29. The van der Waals surface area contributed by atoms with Crippen molar-refractivity contribution < 1.29 is 13.2 Å². The summed E-state index contributed by atoms with van der Waals surface area (Å²) in [4.78, 5) is 11.7. The fourth-order valence-electron chi connectivity index (χ4n) is 2.05. The second-order valence-electron chi connectivity index (χ2n) is 4.85. The number of nitrogens with one attached hydrogen (secondary N) is 2. The maximum atomic E-state index is 12.5. The van der Waals surface area contributed by atoms with Crippen LogP contribution in [-0.4, -0.2) is 44.3 Å². The second kappa shape index (κ2) is 6.21. The van der Waals surface area contributed by atoms with E-state index >= 15 is 0 Å². The number of nitrogens with zero attached hydrogens (tertiary/aromatic N) is 1. The highest BCUT2D eigenvalue weighted by molar-refractivity contribution is 7.91. The Morgan fingerprint density at radius 2 is 2.30 bits per heavy atom. The highest BCUT2D eigenvalue weighted by atomic mass is 32.2. The van der Waals surface area contributed by atoms with Crippen molar-refractivity contribution in [2.24, 2.45) is 0 Å². The molecular weight excluding hydrogens is 298 g/mol. The number of carbonyl (C=O) groups excluding carboxylic acids is 1. The van der Waals surface area contributed by atoms with Gasteiger partial charge in [-0.15, -0.1) is 11.3 Å². The fourth-order valence-corrected chi connectivity index (χ4v) is 5.03. The molecule has 0 bridgehead atoms. The van der Waals surface area contributed by atoms with Gasteiger partial charge in [0.1, 0.15) is 4.21 Å². The first-order valence-electron chi connectivity index (χ1n) is 6.46. The summed E-state index contributed by atoms with van der Waals surface area (Å²) in [5, 5.41) is 5.89. The van der Waals surface area contributed by atoms with E-state index in [1.807, 2.05) is 6.92 Å². The number of hydrogen-bond acceptors (Lipinski definition) is 5. The summed E-state index contributed by atoms with van der Waals surface area (Å²) >= 11 is 1.21. The van der Waals surface area contributed by atoms with Gasteiger partial charge in [-0.2, -0.15) is 4.31 Å². The highest BCUT2D eigenvalue weighted by Crippen LogP contribution is 2.25. The van der Waals surface area contributed by atoms with Crippen LogP contribution in [0.5, 0.6) is 0 Å². The van der Waals surface area contributed by atoms with Crippen LogP contribution in [-0.2, 0) is 21.4 Å². The van der Waals surface area contributed by atoms with Gasteiger partial charge in [0, 0.05) is 37.5 Å². The van der Waals surface area contributed by atoms with Crippen LogP contribution in [0.15, 0.2) is 16.3 Å². The zero-order valence-electron chi connectivity index (χ0n) is 11.5. The summed E-state index contributed by atoms with van der Waals surface area (Å²) < 4.78 is 26.9. The largest absolute Gasteiger partial charge is 0.351 e. The molecule has 0 spiro atoms. The standard InChI is InChI=1S/C12H19N3O3S2/c1-9-8-15(6-5-13-9)20(17,18)12-4-3-11(19-12)7-14-10(2)16/h3-4,9,13H,5-8H2,1-2H3,(H,14,16)/t9-/m0/s1. The number of rotatable bonds is 4. The minimum atomic E-state index is -3.41. The molecule has 20 heavy (non-hydrogen) atoms. The molecule has 2 rings (SSSR count). The van der Waals surface area contributed by atoms with Crippen molar-refractivity contribution in [1.29, 1.82) is 0 Å². The summed E-state index contributed by atoms with van der Waals surface area (Å²) in [7, 11) is -3.41. The van der Waals surface area contributed by atoms with Crippen molar-refractivity contribution >= 4 is 27.3 Å². The van der Waals surface area contributed by atoms with Gasteiger partial charge in [-0.3, -0.25) is 4.79 Å². The molecule has 0 aromatic carbocycles. The van der Waals surface area contributed by atoms with E-state index < -0.39 is 10.0 Å². The first-order chi connectivity index (χ1) is 9.39. The molecule has 8 heteroatoms. The third-order valence-electron chi connectivity index (χ3n) is 3.07. The summed E-state index contributed by atoms with van der Waals surface area (Å²) in [6.07, 6.45) is 0. The molecule has 1 aliphatic heterocycles. The van der Waals surface area contributed by atoms with E-state index in [1.54, 1.807) is 12.1 Å². The Labute approximate surface area is 123 Å². The van der Waals surface area contributed by atoms with Crippen LogP contribution in [0.4, 0.5) is 0 Å². The fraction of sp³-hybridized carbons (Fsp3) is 0.583. The monoisotopic (exact) mass is 317 g/mol. The molecule has 0 unspecified atom stereocenters. The summed E-state index contributed by atoms with van der Waals surface area (Å²) in [6.45, 7) is 5.43. The zero-order valence-corrected chi connectivity index (χ0v) is 13.2. The predicted molar refractivity (Wildman–Crippen MR) is 78.1 cm³/mol. The third kappa shape index (κ3) is 3.57. The zero-order chi connectivity index (χ0) is 14.8. The van der Waals surface area contributed by atoms with Crippen molar-refractivity contribution in [1.82, 2.24) is 14.9 Å². The summed E-state index contributed by atoms with van der Waals surface area (Å²) in [6, 6.07) is 3.53. The van der Waals surface area contributed by atoms with Crippen LogP contribution in [0.3, 0.4) is 0 Å². The van der Waals surface area contributed by atoms with E-state index in [2.05, 4.69) is 10.6 Å². The van der Waals surface area contributed by atoms with Gasteiger partial charge in [0.15, 0.2) is 0 Å². The first kappa shape index (κ1) is 15.4. The van der Waals surface area contributed by atoms with Crippen LogP contribution in [0.1, 0.15) is 18.7 Å². The average Bonchev–Trinajstić information content (AvgIpc) is 2.86. The molecule has 2 N–H and O–H groups in total. The predicted octanol–water partition coefficient (Wildman–Crippen LogP) is 0.367. The second-order valence-corrected chi connectivity index (χ2v) is 8.18. The molecule has 112 valence electrons. The molecule has 1 saturated heterocycles. The van der Waals surface area contributed by atoms with E-state index in [-0.39, 0.29) is 11.9 Å². The Bertz CT molecular complexity index is 583. The third-order valence-corrected chi connectivity index (χ3v) is 6.49. The number of piperazine rings is 1. The first-order valence-corrected chi connectivity index (χ1v) is 8.72. The van der Waals surface area contributed by atoms with Gasteiger partial charge in [0.25, 0.3) is 10.0 Å². The quantitative estimate of drug-likeness (QED) is 0.841. The van der Waals surface area contributed by atoms with Crippen LogP contribution in [0, 0.1) is 0 Å². The number of sulfonamides is 1. The molecule has 0 aliphatic carbocycles. The van der Waals surface area contributed by atoms with Gasteiger partial charge >= 0.3 is 0 Å². The Morgan fingerprint density at radius 1 is 1.55 bits per heavy atom. The Hall–Kier alpha value is -0.960. The molecular formula is C12H19N3O3S2. The van der Waals surface area contributed by atoms with E-state index in [9.17, 15) is 13.2 Å². The molecule has 1 fully saturated rings. The van der Waals surface area contributed by atoms with Crippen LogP contribution in [0.2, 0.25) is 0 Å². The molecule has 0 saturated carbocycles. The van der Waals surface area contributed by atoms with Gasteiger partial charge in [0.2, 0.25) is 5.91 Å². The molecule has 1 aromatic rings. The minimum Gasteiger partial charge on any atom is -0.351 e. The van der Waals surface area contributed by atoms with Crippen molar-refractivity contribution in [2.75, 3.05) is 19.6 Å². The van der Waals surface area contributed by atoms with E-state index in [0.29, 0.717) is 30.4 Å². The summed E-state index contributed by atoms with van der Waals surface area (Å²) in [5.74, 6) is -0.126. The molecule has 1 amide bonds. The van der Waals surface area contributed by atoms with Gasteiger partial charge in [-0.1, -0.05) is 0 Å². The molecule has 1 atom stereocenters. The lowest BCUT2D eigenvalue weighted by Gasteiger charge is -2.30. The van der Waals surface area contributed by atoms with Crippen molar-refractivity contribution in [3.05, 3.63) is 17.0 Å². The maximum absolute atomic E-state index is 12.5. The van der Waals surface area contributed by atoms with Gasteiger partial charge < -0.3 is 10.6 Å². The molecule has 2 heterocycles. The van der Waals surface area contributed by atoms with Crippen molar-refractivity contribution in [3.63, 3.8) is 0 Å². The van der Waals surface area contributed by atoms with Gasteiger partial charge in [-0.25, -0.2) is 8.42 Å². The Morgan fingerprint density at radius 3 is 2.95 bits per heavy atom. The number of hydrogen-bond donors (Lipinski definition) is 2. The molecule has 0 radical (unpaired) electrons. The summed E-state index contributed by atoms with van der Waals surface area (Å²) in [5.41, 5.74) is 0. The smallest absolute Gasteiger partial charge is 0.252 e. The van der Waals surface area contributed by atoms with E-state index in [4.69, 9.17) is 0 Å². The van der Waals surface area contributed by atoms with Crippen molar-refractivity contribution in [2.45, 2.75) is 30.6 Å². The van der Waals surface area contributed by atoms with Gasteiger partial charge in [0.05, 0.1) is 6.54 Å². The number of thiophene rings is 1. The number of amides is 1. The molecule has 1 aromatic heterocycles. The van der Waals surface area contributed by atoms with Crippen LogP contribution >= 0.6 is 11.3 Å². The lowest BCUT2D eigenvalue weighted by molar-refractivity contribution is -0.119. The van der Waals surface area contributed by atoms with E-state index in [1.165, 1.54) is 22.6 Å². The minimum absolute atomic E-state index is 0.126. The van der Waals surface area contributed by atoms with Crippen molar-refractivity contribution in [3.8, 4) is 0 Å².